The van der Waals surface area contributed by atoms with Gasteiger partial charge in [0, 0.05) is 47.0 Å². The highest BCUT2D eigenvalue weighted by Gasteiger charge is 2.33. The molecule has 56 heavy (non-hydrogen) atoms. The molecule has 0 aliphatic heterocycles. The van der Waals surface area contributed by atoms with Crippen LogP contribution in [-0.2, 0) is 45.0 Å². The number of aromatic nitrogens is 4. The molecule has 0 bridgehead atoms. The monoisotopic (exact) mass is 888 g/mol. The molecule has 2 aromatic heterocycles. The zero-order valence-corrected chi connectivity index (χ0v) is 36.5. The zero-order chi connectivity index (χ0) is 40.6. The van der Waals surface area contributed by atoms with Crippen LogP contribution in [0.15, 0.2) is 93.9 Å². The van der Waals surface area contributed by atoms with Crippen molar-refractivity contribution in [2.45, 2.75) is 67.5 Å². The number of rotatable bonds is 14. The van der Waals surface area contributed by atoms with Crippen LogP contribution in [0.5, 0.6) is 11.5 Å². The number of halogens is 2. The van der Waals surface area contributed by atoms with Crippen LogP contribution >= 0.6 is 31.9 Å². The van der Waals surface area contributed by atoms with Crippen LogP contribution in [0.1, 0.15) is 64.3 Å². The first-order chi connectivity index (χ1) is 26.7. The van der Waals surface area contributed by atoms with E-state index in [-0.39, 0.29) is 11.9 Å². The van der Waals surface area contributed by atoms with E-state index < -0.39 is 10.8 Å². The minimum atomic E-state index is -0.668. The maximum Gasteiger partial charge on any atom is 0.311 e. The largest absolute Gasteiger partial charge is 0.497 e. The van der Waals surface area contributed by atoms with Gasteiger partial charge in [-0.1, -0.05) is 56.1 Å². The van der Waals surface area contributed by atoms with Crippen molar-refractivity contribution in [3.05, 3.63) is 117 Å². The third kappa shape index (κ3) is 10.4. The molecule has 0 saturated carbocycles. The van der Waals surface area contributed by atoms with Gasteiger partial charge in [-0.15, -0.1) is 0 Å². The Hall–Kier alpha value is -4.68. The van der Waals surface area contributed by atoms with Crippen molar-refractivity contribution in [2.24, 2.45) is 10.8 Å². The van der Waals surface area contributed by atoms with Gasteiger partial charge in [-0.25, -0.2) is 9.97 Å². The van der Waals surface area contributed by atoms with Gasteiger partial charge in [0.2, 0.25) is 0 Å². The van der Waals surface area contributed by atoms with E-state index >= 15 is 0 Å². The van der Waals surface area contributed by atoms with Crippen molar-refractivity contribution in [1.29, 1.82) is 0 Å². The number of esters is 2. The Labute approximate surface area is 345 Å². The van der Waals surface area contributed by atoms with E-state index in [0.29, 0.717) is 39.1 Å². The quantitative estimate of drug-likeness (QED) is 0.0996. The number of methoxy groups -OCH3 is 2. The minimum Gasteiger partial charge on any atom is -0.497 e. The number of hydrogen-bond donors (Lipinski definition) is 0. The van der Waals surface area contributed by atoms with Crippen LogP contribution in [0.4, 0.5) is 0 Å². The number of imidazole rings is 2. The summed E-state index contributed by atoms with van der Waals surface area (Å²) in [6.45, 7) is 13.3. The summed E-state index contributed by atoms with van der Waals surface area (Å²) in [5.41, 5.74) is 4.71. The minimum absolute atomic E-state index is 0.213. The summed E-state index contributed by atoms with van der Waals surface area (Å²) in [5, 5.41) is 0. The molecule has 4 aromatic carbocycles. The van der Waals surface area contributed by atoms with Crippen molar-refractivity contribution in [2.75, 3.05) is 27.4 Å². The Kier molecular flexibility index (Phi) is 14.0. The van der Waals surface area contributed by atoms with Gasteiger partial charge in [0.15, 0.2) is 0 Å². The standard InChI is InChI=1S/2C22H25BrN2O3/c1-5-28-21(26)22(2,3)13-20-24-18-12-17(27-4)10-11-19(18)25(20)14-15-6-8-16(23)9-7-15;1-5-28-21(26)22(2,3)13-20-24-18-11-10-17(27-4)12-19(18)25(20)14-15-6-8-16(23)9-7-15/h2*6-12H,5,13-14H2,1-4H3. The Balaban J connectivity index is 0.000000214. The fraction of sp³-hybridized carbons (Fsp3) is 0.364. The molecule has 6 aromatic rings. The maximum absolute atomic E-state index is 12.4. The third-order valence-electron chi connectivity index (χ3n) is 9.43. The van der Waals surface area contributed by atoms with Crippen LogP contribution in [0.2, 0.25) is 0 Å². The Morgan fingerprint density at radius 3 is 1.48 bits per heavy atom. The molecule has 0 atom stereocenters. The highest BCUT2D eigenvalue weighted by molar-refractivity contribution is 9.10. The number of ether oxygens (including phenoxy) is 4. The molecule has 2 heterocycles. The zero-order valence-electron chi connectivity index (χ0n) is 33.3. The first-order valence-electron chi connectivity index (χ1n) is 18.6. The molecule has 0 fully saturated rings. The predicted molar refractivity (Wildman–Crippen MR) is 227 cm³/mol. The van der Waals surface area contributed by atoms with E-state index in [1.807, 2.05) is 102 Å². The second-order valence-corrected chi connectivity index (χ2v) is 16.6. The number of hydrogen-bond acceptors (Lipinski definition) is 8. The van der Waals surface area contributed by atoms with Crippen LogP contribution < -0.4 is 9.47 Å². The molecule has 10 nitrogen and oxygen atoms in total. The van der Waals surface area contributed by atoms with Gasteiger partial charge in [-0.2, -0.15) is 0 Å². The summed E-state index contributed by atoms with van der Waals surface area (Å²) in [5.74, 6) is 2.82. The van der Waals surface area contributed by atoms with E-state index in [4.69, 9.17) is 28.9 Å². The average molecular weight is 891 g/mol. The van der Waals surface area contributed by atoms with E-state index in [1.54, 1.807) is 14.2 Å². The molecule has 0 spiro atoms. The van der Waals surface area contributed by atoms with E-state index in [2.05, 4.69) is 65.3 Å². The lowest BCUT2D eigenvalue weighted by Gasteiger charge is -2.22. The van der Waals surface area contributed by atoms with Crippen molar-refractivity contribution < 1.29 is 28.5 Å². The van der Waals surface area contributed by atoms with E-state index in [1.165, 1.54) is 0 Å². The molecule has 12 heteroatoms. The first kappa shape index (κ1) is 42.5. The normalized spacial score (nSPS) is 11.6. The number of carbonyl (C=O) groups is 2. The van der Waals surface area contributed by atoms with Gasteiger partial charge in [0.25, 0.3) is 0 Å². The highest BCUT2D eigenvalue weighted by atomic mass is 79.9. The second kappa shape index (κ2) is 18.5. The molecule has 0 amide bonds. The maximum atomic E-state index is 12.4. The van der Waals surface area contributed by atoms with Crippen molar-refractivity contribution >= 4 is 65.9 Å². The third-order valence-corrected chi connectivity index (χ3v) is 10.5. The van der Waals surface area contributed by atoms with Gasteiger partial charge in [0.05, 0.1) is 60.3 Å². The first-order valence-corrected chi connectivity index (χ1v) is 20.2. The van der Waals surface area contributed by atoms with E-state index in [9.17, 15) is 9.59 Å². The predicted octanol–water partition coefficient (Wildman–Crippen LogP) is 9.97. The van der Waals surface area contributed by atoms with Gasteiger partial charge in [-0.3, -0.25) is 9.59 Å². The Bertz CT molecular complexity index is 2250. The molecule has 0 saturated heterocycles. The molecule has 0 N–H and O–H groups in total. The van der Waals surface area contributed by atoms with Gasteiger partial charge in [-0.05, 0) is 101 Å². The van der Waals surface area contributed by atoms with Crippen molar-refractivity contribution in [3.63, 3.8) is 0 Å². The van der Waals surface area contributed by atoms with Crippen molar-refractivity contribution in [1.82, 2.24) is 19.1 Å². The average Bonchev–Trinajstić information content (AvgIpc) is 3.68. The fourth-order valence-corrected chi connectivity index (χ4v) is 6.85. The summed E-state index contributed by atoms with van der Waals surface area (Å²) in [6.07, 6.45) is 0.971. The summed E-state index contributed by atoms with van der Waals surface area (Å²) in [6, 6.07) is 28.1. The molecule has 0 aliphatic rings. The smallest absolute Gasteiger partial charge is 0.311 e. The highest BCUT2D eigenvalue weighted by Crippen LogP contribution is 2.31. The van der Waals surface area contributed by atoms with Gasteiger partial charge in [0.1, 0.15) is 23.1 Å². The molecule has 0 unspecified atom stereocenters. The molecular weight excluding hydrogens is 840 g/mol. The van der Waals surface area contributed by atoms with Crippen LogP contribution in [0, 0.1) is 10.8 Å². The van der Waals surface area contributed by atoms with Gasteiger partial charge < -0.3 is 28.1 Å². The number of benzene rings is 4. The SMILES string of the molecule is CCOC(=O)C(C)(C)Cc1nc2cc(OC)ccc2n1Cc1ccc(Br)cc1.CCOC(=O)C(C)(C)Cc1nc2ccc(OC)cc2n1Cc1ccc(Br)cc1. The molecule has 6 rings (SSSR count). The van der Waals surface area contributed by atoms with Crippen LogP contribution in [-0.4, -0.2) is 58.5 Å². The Morgan fingerprint density at radius 1 is 0.589 bits per heavy atom. The second-order valence-electron chi connectivity index (χ2n) is 14.8. The molecule has 0 radical (unpaired) electrons. The number of fused-ring (bicyclic) bond motifs is 2. The van der Waals surface area contributed by atoms with Crippen LogP contribution in [0.25, 0.3) is 22.1 Å². The molecule has 0 aliphatic carbocycles. The number of nitrogens with zero attached hydrogens (tertiary/aromatic N) is 4. The lowest BCUT2D eigenvalue weighted by molar-refractivity contribution is -0.154. The van der Waals surface area contributed by atoms with Gasteiger partial charge >= 0.3 is 11.9 Å². The fourth-order valence-electron chi connectivity index (χ4n) is 6.32. The van der Waals surface area contributed by atoms with Crippen LogP contribution in [0.3, 0.4) is 0 Å². The topological polar surface area (TPSA) is 107 Å². The lowest BCUT2D eigenvalue weighted by atomic mass is 9.89. The van der Waals surface area contributed by atoms with Crippen molar-refractivity contribution in [3.8, 4) is 11.5 Å². The molecular formula is C44H50Br2N4O6. The summed E-state index contributed by atoms with van der Waals surface area (Å²) in [4.78, 5) is 34.5. The number of carbonyl (C=O) groups excluding carboxylic acids is 2. The Morgan fingerprint density at radius 2 is 1.02 bits per heavy atom. The summed E-state index contributed by atoms with van der Waals surface area (Å²) < 4.78 is 27.7. The molecule has 296 valence electrons. The summed E-state index contributed by atoms with van der Waals surface area (Å²) in [7, 11) is 3.30. The van der Waals surface area contributed by atoms with E-state index in [0.717, 1.165) is 65.3 Å². The summed E-state index contributed by atoms with van der Waals surface area (Å²) >= 11 is 6.96. The lowest BCUT2D eigenvalue weighted by Crippen LogP contribution is -2.30.